The van der Waals surface area contributed by atoms with Gasteiger partial charge < -0.3 is 10.4 Å². The Hall–Kier alpha value is -0.570. The minimum atomic E-state index is -0.647. The highest BCUT2D eigenvalue weighted by molar-refractivity contribution is 5.75. The van der Waals surface area contributed by atoms with Crippen LogP contribution in [0.15, 0.2) is 0 Å². The zero-order valence-electron chi connectivity index (χ0n) is 9.20. The monoisotopic (exact) mass is 209 g/mol. The van der Waals surface area contributed by atoms with E-state index in [-0.39, 0.29) is 11.5 Å². The van der Waals surface area contributed by atoms with Crippen molar-refractivity contribution >= 4 is 5.97 Å². The second kappa shape index (κ2) is 2.97. The van der Waals surface area contributed by atoms with Crippen molar-refractivity contribution in [2.75, 3.05) is 7.05 Å². The highest BCUT2D eigenvalue weighted by atomic mass is 16.4. The maximum absolute atomic E-state index is 11.3. The van der Waals surface area contributed by atoms with E-state index < -0.39 is 5.97 Å². The average Bonchev–Trinajstić information content (AvgIpc) is 2.52. The van der Waals surface area contributed by atoms with Crippen LogP contribution in [0.5, 0.6) is 0 Å². The topological polar surface area (TPSA) is 49.3 Å². The Morgan fingerprint density at radius 3 is 2.40 bits per heavy atom. The Balaban J connectivity index is 1.94. The molecule has 0 spiro atoms. The van der Waals surface area contributed by atoms with E-state index in [9.17, 15) is 9.90 Å². The molecule has 84 valence electrons. The molecule has 0 amide bonds. The van der Waals surface area contributed by atoms with Gasteiger partial charge in [0, 0.05) is 0 Å². The first kappa shape index (κ1) is 9.64. The van der Waals surface area contributed by atoms with Crippen LogP contribution in [-0.2, 0) is 4.79 Å². The molecule has 3 heteroatoms. The second-order valence-corrected chi connectivity index (χ2v) is 5.84. The van der Waals surface area contributed by atoms with Gasteiger partial charge in [-0.3, -0.25) is 4.79 Å². The van der Waals surface area contributed by atoms with E-state index in [1.165, 1.54) is 19.3 Å². The van der Waals surface area contributed by atoms with Crippen molar-refractivity contribution < 1.29 is 9.90 Å². The Bertz CT molecular complexity index is 288. The molecule has 3 atom stereocenters. The summed E-state index contributed by atoms with van der Waals surface area (Å²) in [4.78, 5) is 11.3. The van der Waals surface area contributed by atoms with Gasteiger partial charge in [-0.05, 0) is 62.3 Å². The summed E-state index contributed by atoms with van der Waals surface area (Å²) >= 11 is 0. The van der Waals surface area contributed by atoms with E-state index in [0.717, 1.165) is 24.7 Å². The van der Waals surface area contributed by atoms with Crippen molar-refractivity contribution in [1.82, 2.24) is 5.32 Å². The Kier molecular flexibility index (Phi) is 1.91. The predicted molar refractivity (Wildman–Crippen MR) is 56.5 cm³/mol. The summed E-state index contributed by atoms with van der Waals surface area (Å²) < 4.78 is 0. The van der Waals surface area contributed by atoms with Crippen LogP contribution in [0.2, 0.25) is 0 Å². The minimum absolute atomic E-state index is 0.105. The summed E-state index contributed by atoms with van der Waals surface area (Å²) in [5, 5.41) is 12.4. The van der Waals surface area contributed by atoms with Crippen LogP contribution < -0.4 is 5.32 Å². The zero-order valence-corrected chi connectivity index (χ0v) is 9.20. The third-order valence-electron chi connectivity index (χ3n) is 5.16. The van der Waals surface area contributed by atoms with Crippen LogP contribution >= 0.6 is 0 Å². The SMILES string of the molecule is CNC(C(=O)O)C12CC3CC(CC1C3)C2. The molecular formula is C12H19NO2. The van der Waals surface area contributed by atoms with E-state index >= 15 is 0 Å². The molecule has 3 nitrogen and oxygen atoms in total. The molecule has 2 N–H and O–H groups in total. The number of nitrogens with one attached hydrogen (secondary N) is 1. The van der Waals surface area contributed by atoms with E-state index in [2.05, 4.69) is 5.32 Å². The summed E-state index contributed by atoms with van der Waals surface area (Å²) in [6.45, 7) is 0. The summed E-state index contributed by atoms with van der Waals surface area (Å²) in [6, 6.07) is -0.308. The Morgan fingerprint density at radius 2 is 1.93 bits per heavy atom. The lowest BCUT2D eigenvalue weighted by Crippen LogP contribution is -2.50. The number of likely N-dealkylation sites (N-methyl/N-ethyl adjacent to an activating group) is 1. The van der Waals surface area contributed by atoms with Crippen molar-refractivity contribution in [2.24, 2.45) is 23.2 Å². The number of hydrogen-bond acceptors (Lipinski definition) is 2. The van der Waals surface area contributed by atoms with Crippen molar-refractivity contribution in [3.63, 3.8) is 0 Å². The first-order chi connectivity index (χ1) is 7.15. The molecule has 0 aliphatic heterocycles. The number of carbonyl (C=O) groups is 1. The van der Waals surface area contributed by atoms with Gasteiger partial charge >= 0.3 is 5.97 Å². The maximum atomic E-state index is 11.3. The van der Waals surface area contributed by atoms with E-state index in [1.807, 2.05) is 0 Å². The normalized spacial score (nSPS) is 48.5. The molecule has 4 bridgehead atoms. The fourth-order valence-corrected chi connectivity index (χ4v) is 4.99. The second-order valence-electron chi connectivity index (χ2n) is 5.84. The van der Waals surface area contributed by atoms with Crippen LogP contribution in [0.1, 0.15) is 32.1 Å². The van der Waals surface area contributed by atoms with Gasteiger partial charge in [-0.25, -0.2) is 0 Å². The van der Waals surface area contributed by atoms with Gasteiger partial charge in [-0.1, -0.05) is 0 Å². The summed E-state index contributed by atoms with van der Waals surface area (Å²) in [5.41, 5.74) is 0.105. The molecular weight excluding hydrogens is 190 g/mol. The first-order valence-electron chi connectivity index (χ1n) is 6.06. The molecule has 0 aromatic carbocycles. The van der Waals surface area contributed by atoms with Gasteiger partial charge in [-0.2, -0.15) is 0 Å². The van der Waals surface area contributed by atoms with Crippen LogP contribution in [0.25, 0.3) is 0 Å². The Labute approximate surface area is 90.2 Å². The number of carboxylic acids is 1. The minimum Gasteiger partial charge on any atom is -0.480 e. The van der Waals surface area contributed by atoms with Crippen molar-refractivity contribution in [3.8, 4) is 0 Å². The molecule has 15 heavy (non-hydrogen) atoms. The van der Waals surface area contributed by atoms with E-state index in [4.69, 9.17) is 0 Å². The van der Waals surface area contributed by atoms with Gasteiger partial charge in [0.05, 0.1) is 0 Å². The molecule has 0 radical (unpaired) electrons. The van der Waals surface area contributed by atoms with Gasteiger partial charge in [0.25, 0.3) is 0 Å². The van der Waals surface area contributed by atoms with Crippen molar-refractivity contribution in [3.05, 3.63) is 0 Å². The predicted octanol–water partition coefficient (Wildman–Crippen LogP) is 1.49. The number of aliphatic carboxylic acids is 1. The lowest BCUT2D eigenvalue weighted by atomic mass is 9.70. The summed E-state index contributed by atoms with van der Waals surface area (Å²) in [5.74, 6) is 1.70. The smallest absolute Gasteiger partial charge is 0.321 e. The quantitative estimate of drug-likeness (QED) is 0.740. The third kappa shape index (κ3) is 1.13. The maximum Gasteiger partial charge on any atom is 0.321 e. The van der Waals surface area contributed by atoms with Gasteiger partial charge in [0.2, 0.25) is 0 Å². The lowest BCUT2D eigenvalue weighted by molar-refractivity contribution is -0.144. The molecule has 0 saturated heterocycles. The lowest BCUT2D eigenvalue weighted by Gasteiger charge is -2.37. The van der Waals surface area contributed by atoms with Crippen LogP contribution in [0.3, 0.4) is 0 Å². The molecule has 4 aliphatic carbocycles. The largest absolute Gasteiger partial charge is 0.480 e. The first-order valence-corrected chi connectivity index (χ1v) is 6.06. The highest BCUT2D eigenvalue weighted by Gasteiger charge is 2.62. The third-order valence-corrected chi connectivity index (χ3v) is 5.16. The molecule has 3 unspecified atom stereocenters. The average molecular weight is 209 g/mol. The molecule has 4 fully saturated rings. The zero-order chi connectivity index (χ0) is 10.6. The van der Waals surface area contributed by atoms with E-state index in [1.54, 1.807) is 7.05 Å². The van der Waals surface area contributed by atoms with Gasteiger partial charge in [-0.15, -0.1) is 0 Å². The molecule has 4 rings (SSSR count). The molecule has 0 heterocycles. The van der Waals surface area contributed by atoms with Crippen LogP contribution in [-0.4, -0.2) is 24.2 Å². The molecule has 4 saturated carbocycles. The molecule has 4 aliphatic rings. The van der Waals surface area contributed by atoms with Gasteiger partial charge in [0.1, 0.15) is 6.04 Å². The Morgan fingerprint density at radius 1 is 1.33 bits per heavy atom. The van der Waals surface area contributed by atoms with Crippen molar-refractivity contribution in [1.29, 1.82) is 0 Å². The molecule has 0 aromatic heterocycles. The van der Waals surface area contributed by atoms with Crippen LogP contribution in [0, 0.1) is 23.2 Å². The summed E-state index contributed by atoms with van der Waals surface area (Å²) in [6.07, 6.45) is 6.27. The van der Waals surface area contributed by atoms with Crippen LogP contribution in [0.4, 0.5) is 0 Å². The summed E-state index contributed by atoms with van der Waals surface area (Å²) in [7, 11) is 1.80. The fraction of sp³-hybridized carbons (Fsp3) is 0.917. The number of carboxylic acid groups (broad SMARTS) is 1. The molecule has 0 aromatic rings. The fourth-order valence-electron chi connectivity index (χ4n) is 4.99. The number of rotatable bonds is 3. The standard InChI is InChI=1S/C12H19NO2/c1-13-10(11(14)15)12-5-7-2-8(6-12)4-9(12)3-7/h7-10,13H,2-6H2,1H3,(H,14,15). The number of hydrogen-bond donors (Lipinski definition) is 2. The van der Waals surface area contributed by atoms with Crippen molar-refractivity contribution in [2.45, 2.75) is 38.1 Å². The van der Waals surface area contributed by atoms with E-state index in [0.29, 0.717) is 5.92 Å². The van der Waals surface area contributed by atoms with Gasteiger partial charge in [0.15, 0.2) is 0 Å². The highest BCUT2D eigenvalue weighted by Crippen LogP contribution is 2.66.